The van der Waals surface area contributed by atoms with E-state index < -0.39 is 0 Å². The van der Waals surface area contributed by atoms with E-state index in [1.165, 1.54) is 6.07 Å². The lowest BCUT2D eigenvalue weighted by Crippen LogP contribution is -2.37. The van der Waals surface area contributed by atoms with Gasteiger partial charge in [-0.25, -0.2) is 4.39 Å². The van der Waals surface area contributed by atoms with E-state index in [0.717, 1.165) is 25.1 Å². The van der Waals surface area contributed by atoms with Gasteiger partial charge < -0.3 is 15.7 Å². The number of benzene rings is 1. The summed E-state index contributed by atoms with van der Waals surface area (Å²) in [5, 5.41) is 9.25. The van der Waals surface area contributed by atoms with Crippen molar-refractivity contribution in [1.29, 1.82) is 0 Å². The van der Waals surface area contributed by atoms with Crippen LogP contribution in [-0.2, 0) is 6.54 Å². The third kappa shape index (κ3) is 2.58. The molecule has 4 heteroatoms. The lowest BCUT2D eigenvalue weighted by atomic mass is 9.82. The molecular weight excluding hydrogens is 219 g/mol. The Morgan fingerprint density at radius 3 is 2.76 bits per heavy atom. The Balaban J connectivity index is 2.08. The van der Waals surface area contributed by atoms with Gasteiger partial charge in [0.1, 0.15) is 5.82 Å². The van der Waals surface area contributed by atoms with Gasteiger partial charge in [0.15, 0.2) is 0 Å². The molecule has 0 radical (unpaired) electrons. The van der Waals surface area contributed by atoms with Crippen LogP contribution >= 0.6 is 0 Å². The summed E-state index contributed by atoms with van der Waals surface area (Å²) in [7, 11) is 1.94. The van der Waals surface area contributed by atoms with Crippen LogP contribution in [0.3, 0.4) is 0 Å². The second-order valence-corrected chi connectivity index (χ2v) is 4.81. The largest absolute Gasteiger partial charge is 0.393 e. The van der Waals surface area contributed by atoms with Crippen molar-refractivity contribution >= 4 is 5.69 Å². The van der Waals surface area contributed by atoms with Crippen LogP contribution in [0.4, 0.5) is 10.1 Å². The summed E-state index contributed by atoms with van der Waals surface area (Å²) in [6.45, 7) is 1.05. The minimum absolute atomic E-state index is 0.144. The van der Waals surface area contributed by atoms with E-state index in [9.17, 15) is 9.50 Å². The van der Waals surface area contributed by atoms with Crippen LogP contribution < -0.4 is 10.6 Å². The quantitative estimate of drug-likeness (QED) is 0.835. The minimum Gasteiger partial charge on any atom is -0.393 e. The van der Waals surface area contributed by atoms with Crippen molar-refractivity contribution in [2.45, 2.75) is 25.5 Å². The van der Waals surface area contributed by atoms with Crippen LogP contribution in [-0.4, -0.2) is 24.8 Å². The first-order valence-electron chi connectivity index (χ1n) is 5.98. The summed E-state index contributed by atoms with van der Waals surface area (Å²) < 4.78 is 13.6. The molecule has 0 bridgehead atoms. The lowest BCUT2D eigenvalue weighted by Gasteiger charge is -2.35. The maximum Gasteiger partial charge on any atom is 0.129 e. The Hall–Kier alpha value is -1.13. The second-order valence-electron chi connectivity index (χ2n) is 4.81. The molecule has 94 valence electrons. The zero-order valence-electron chi connectivity index (χ0n) is 10.1. The van der Waals surface area contributed by atoms with E-state index in [4.69, 9.17) is 5.73 Å². The Morgan fingerprint density at radius 2 is 2.18 bits per heavy atom. The topological polar surface area (TPSA) is 49.5 Å². The summed E-state index contributed by atoms with van der Waals surface area (Å²) in [5.74, 6) is 0.259. The maximum absolute atomic E-state index is 13.6. The molecule has 0 atom stereocenters. The SMILES string of the molecule is CN(CC1CC(O)C1)c1cccc(F)c1CN. The van der Waals surface area contributed by atoms with Crippen molar-refractivity contribution in [2.24, 2.45) is 11.7 Å². The molecule has 3 N–H and O–H groups in total. The van der Waals surface area contributed by atoms with Gasteiger partial charge in [-0.15, -0.1) is 0 Å². The first-order valence-corrected chi connectivity index (χ1v) is 5.98. The summed E-state index contributed by atoms with van der Waals surface area (Å²) in [4.78, 5) is 2.03. The van der Waals surface area contributed by atoms with Gasteiger partial charge in [0.25, 0.3) is 0 Å². The number of hydrogen-bond donors (Lipinski definition) is 2. The molecule has 0 heterocycles. The normalized spacial score (nSPS) is 23.3. The van der Waals surface area contributed by atoms with E-state index in [2.05, 4.69) is 0 Å². The fraction of sp³-hybridized carbons (Fsp3) is 0.538. The fourth-order valence-corrected chi connectivity index (χ4v) is 2.44. The third-order valence-corrected chi connectivity index (χ3v) is 3.45. The molecule has 0 aromatic heterocycles. The van der Waals surface area contributed by atoms with Crippen LogP contribution in [0, 0.1) is 11.7 Å². The molecule has 2 rings (SSSR count). The number of aliphatic hydroxyl groups excluding tert-OH is 1. The molecule has 0 saturated heterocycles. The lowest BCUT2D eigenvalue weighted by molar-refractivity contribution is 0.0464. The van der Waals surface area contributed by atoms with Crippen molar-refractivity contribution in [3.05, 3.63) is 29.6 Å². The Kier molecular flexibility index (Phi) is 3.64. The second kappa shape index (κ2) is 5.02. The standard InChI is InChI=1S/C13H19FN2O/c1-16(8-9-5-10(17)6-9)13-4-2-3-12(14)11(13)7-15/h2-4,9-10,17H,5-8,15H2,1H3. The van der Waals surface area contributed by atoms with Gasteiger partial charge in [-0.05, 0) is 30.9 Å². The highest BCUT2D eigenvalue weighted by atomic mass is 19.1. The molecule has 1 fully saturated rings. The number of anilines is 1. The van der Waals surface area contributed by atoms with Crippen molar-refractivity contribution < 1.29 is 9.50 Å². The minimum atomic E-state index is -0.245. The highest BCUT2D eigenvalue weighted by molar-refractivity contribution is 5.53. The number of nitrogens with zero attached hydrogens (tertiary/aromatic N) is 1. The molecule has 3 nitrogen and oxygen atoms in total. The van der Waals surface area contributed by atoms with Gasteiger partial charge in [0, 0.05) is 31.4 Å². The number of aliphatic hydroxyl groups is 1. The number of hydrogen-bond acceptors (Lipinski definition) is 3. The van der Waals surface area contributed by atoms with Crippen LogP contribution in [0.2, 0.25) is 0 Å². The first kappa shape index (κ1) is 12.3. The average Bonchev–Trinajstić information content (AvgIpc) is 2.26. The van der Waals surface area contributed by atoms with Crippen molar-refractivity contribution in [3.8, 4) is 0 Å². The van der Waals surface area contributed by atoms with E-state index in [-0.39, 0.29) is 18.5 Å². The average molecular weight is 238 g/mol. The summed E-state index contributed by atoms with van der Waals surface area (Å²) in [6, 6.07) is 5.03. The van der Waals surface area contributed by atoms with Crippen molar-refractivity contribution in [3.63, 3.8) is 0 Å². The van der Waals surface area contributed by atoms with E-state index in [1.807, 2.05) is 18.0 Å². The summed E-state index contributed by atoms with van der Waals surface area (Å²) in [6.07, 6.45) is 1.55. The summed E-state index contributed by atoms with van der Waals surface area (Å²) >= 11 is 0. The van der Waals surface area contributed by atoms with Crippen LogP contribution in [0.15, 0.2) is 18.2 Å². The van der Waals surface area contributed by atoms with Gasteiger partial charge in [-0.3, -0.25) is 0 Å². The van der Waals surface area contributed by atoms with Gasteiger partial charge in [-0.2, -0.15) is 0 Å². The first-order chi connectivity index (χ1) is 8.11. The van der Waals surface area contributed by atoms with Gasteiger partial charge >= 0.3 is 0 Å². The maximum atomic E-state index is 13.6. The number of rotatable bonds is 4. The highest BCUT2D eigenvalue weighted by Crippen LogP contribution is 2.30. The van der Waals surface area contributed by atoms with Crippen molar-refractivity contribution in [2.75, 3.05) is 18.5 Å². The Labute approximate surface area is 101 Å². The molecule has 1 aliphatic rings. The molecule has 17 heavy (non-hydrogen) atoms. The molecule has 0 aliphatic heterocycles. The predicted molar refractivity (Wildman–Crippen MR) is 66.3 cm³/mol. The van der Waals surface area contributed by atoms with Crippen LogP contribution in [0.1, 0.15) is 18.4 Å². The molecule has 1 saturated carbocycles. The number of nitrogens with two attached hydrogens (primary N) is 1. The Bertz CT molecular complexity index is 391. The predicted octanol–water partition coefficient (Wildman–Crippen LogP) is 1.49. The number of halogens is 1. The van der Waals surface area contributed by atoms with E-state index in [1.54, 1.807) is 6.07 Å². The van der Waals surface area contributed by atoms with Gasteiger partial charge in [0.2, 0.25) is 0 Å². The molecule has 1 aromatic carbocycles. The highest BCUT2D eigenvalue weighted by Gasteiger charge is 2.28. The molecule has 1 aliphatic carbocycles. The monoisotopic (exact) mass is 238 g/mol. The summed E-state index contributed by atoms with van der Waals surface area (Å²) in [5.41, 5.74) is 7.00. The Morgan fingerprint density at radius 1 is 1.47 bits per heavy atom. The molecule has 1 aromatic rings. The smallest absolute Gasteiger partial charge is 0.129 e. The van der Waals surface area contributed by atoms with E-state index >= 15 is 0 Å². The van der Waals surface area contributed by atoms with Crippen LogP contribution in [0.25, 0.3) is 0 Å². The van der Waals surface area contributed by atoms with Gasteiger partial charge in [0.05, 0.1) is 6.10 Å². The zero-order valence-corrected chi connectivity index (χ0v) is 10.1. The van der Waals surface area contributed by atoms with Crippen LogP contribution in [0.5, 0.6) is 0 Å². The molecule has 0 amide bonds. The van der Waals surface area contributed by atoms with Crippen molar-refractivity contribution in [1.82, 2.24) is 0 Å². The molecular formula is C13H19FN2O. The zero-order chi connectivity index (χ0) is 12.4. The third-order valence-electron chi connectivity index (χ3n) is 3.45. The van der Waals surface area contributed by atoms with E-state index in [0.29, 0.717) is 11.5 Å². The van der Waals surface area contributed by atoms with Gasteiger partial charge in [-0.1, -0.05) is 6.07 Å². The molecule has 0 spiro atoms. The molecule has 0 unspecified atom stereocenters. The fourth-order valence-electron chi connectivity index (χ4n) is 2.44.